The minimum Gasteiger partial charge on any atom is -0.254 e. The highest BCUT2D eigenvalue weighted by atomic mass is 14.8. The predicted octanol–water partition coefficient (Wildman–Crippen LogP) is 33.1. The summed E-state index contributed by atoms with van der Waals surface area (Å²) in [5.74, 6) is 0. The molecule has 7 heteroatoms. The number of benzene rings is 20. The van der Waals surface area contributed by atoms with Crippen molar-refractivity contribution in [1.29, 1.82) is 0 Å². The minimum atomic E-state index is 0.832. The molecule has 0 amide bonds. The van der Waals surface area contributed by atoms with E-state index in [2.05, 4.69) is 440 Å². The Bertz CT molecular complexity index is 8860. The molecule has 0 spiro atoms. The first-order chi connectivity index (χ1) is 65.4. The fourth-order valence-corrected chi connectivity index (χ4v) is 20.2. The van der Waals surface area contributed by atoms with Crippen molar-refractivity contribution in [1.82, 2.24) is 34.9 Å². The van der Waals surface area contributed by atoms with Gasteiger partial charge in [-0.1, -0.05) is 376 Å². The van der Waals surface area contributed by atoms with Crippen LogP contribution in [0.2, 0.25) is 0 Å². The Balaban J connectivity index is 0.000000106. The van der Waals surface area contributed by atoms with Crippen LogP contribution in [0, 0.1) is 0 Å². The Morgan fingerprint density at radius 2 is 0.348 bits per heavy atom. The molecule has 0 aliphatic carbocycles. The maximum atomic E-state index is 5.26. The van der Waals surface area contributed by atoms with Crippen LogP contribution >= 0.6 is 0 Å². The normalized spacial score (nSPS) is 11.6. The molecule has 0 aliphatic heterocycles. The maximum Gasteiger partial charge on any atom is 0.0972 e. The van der Waals surface area contributed by atoms with Crippen molar-refractivity contribution in [3.63, 3.8) is 0 Å². The summed E-state index contributed by atoms with van der Waals surface area (Å²) in [5, 5.41) is 28.8. The molecule has 7 nitrogen and oxygen atoms in total. The van der Waals surface area contributed by atoms with Crippen molar-refractivity contribution in [2.45, 2.75) is 0 Å². The first-order valence-corrected chi connectivity index (χ1v) is 44.9. The van der Waals surface area contributed by atoms with Gasteiger partial charge in [0.2, 0.25) is 0 Å². The molecular weight excluding hydrogens is 1600 g/mol. The van der Waals surface area contributed by atoms with Crippen molar-refractivity contribution >= 4 is 162 Å². The second-order valence-electron chi connectivity index (χ2n) is 34.0. The number of rotatable bonds is 9. The lowest BCUT2D eigenvalue weighted by atomic mass is 9.85. The second-order valence-corrected chi connectivity index (χ2v) is 34.0. The molecule has 7 heterocycles. The summed E-state index contributed by atoms with van der Waals surface area (Å²) in [4.78, 5) is 34.5. The van der Waals surface area contributed by atoms with Crippen LogP contribution in [-0.4, -0.2) is 34.9 Å². The van der Waals surface area contributed by atoms with E-state index in [9.17, 15) is 0 Å². The summed E-state index contributed by atoms with van der Waals surface area (Å²) in [5.41, 5.74) is 25.7. The molecule has 27 aromatic rings. The number of hydrogen-bond acceptors (Lipinski definition) is 7. The van der Waals surface area contributed by atoms with E-state index < -0.39 is 0 Å². The van der Waals surface area contributed by atoms with Crippen LogP contribution in [0.25, 0.3) is 263 Å². The summed E-state index contributed by atoms with van der Waals surface area (Å²) >= 11 is 0. The summed E-state index contributed by atoms with van der Waals surface area (Å²) in [6.45, 7) is 0. The van der Waals surface area contributed by atoms with E-state index >= 15 is 0 Å². The third-order valence-corrected chi connectivity index (χ3v) is 26.4. The minimum absolute atomic E-state index is 0.832. The van der Waals surface area contributed by atoms with Crippen LogP contribution in [0.3, 0.4) is 0 Å². The smallest absolute Gasteiger partial charge is 0.0972 e. The van der Waals surface area contributed by atoms with E-state index in [1.54, 1.807) is 0 Å². The molecule has 0 saturated carbocycles. The van der Waals surface area contributed by atoms with Gasteiger partial charge in [-0.25, -0.2) is 19.9 Å². The van der Waals surface area contributed by atoms with Crippen LogP contribution in [0.5, 0.6) is 0 Å². The number of fused-ring (bicyclic) bond motifs is 18. The Hall–Kier alpha value is -17.7. The summed E-state index contributed by atoms with van der Waals surface area (Å²) in [7, 11) is 0. The van der Waals surface area contributed by atoms with Crippen molar-refractivity contribution in [2.75, 3.05) is 0 Å². The van der Waals surface area contributed by atoms with Crippen LogP contribution in [-0.2, 0) is 0 Å². The standard InChI is InChI=1S/2C42H26N2.C41H25N3/c1-2-10-30-25-33(21-18-27(30)9-1)40-36-16-5-3-14-34(36)39(35-15-4-6-17-37(35)40)32-12-7-11-31(26-32)38-23-22-29-20-19-28-13-8-24-43-41(28)42(29)44-38;1-2-9-32-26-33(22-15-27(32)8-1)40-36-13-5-3-11-34(36)39(35-12-4-6-14-37(35)40)29-18-16-28(17-19-29)38-24-23-31-21-20-30-10-7-25-43-41(30)42(31)44-38;1-2-10-29-25-30(21-18-26(29)9-1)38-31-12-3-5-14-33(31)39(34-15-6-4-13-32(34)38)37-17-7-16-35(43-37)36-23-22-28-20-19-27-11-8-24-42-40(27)41(28)44-36/h2*1-26H;1-25H. The first-order valence-electron chi connectivity index (χ1n) is 44.9. The van der Waals surface area contributed by atoms with E-state index in [4.69, 9.17) is 19.9 Å². The molecule has 0 bridgehead atoms. The van der Waals surface area contributed by atoms with E-state index in [1.165, 1.54) is 153 Å². The number of aromatic nitrogens is 7. The lowest BCUT2D eigenvalue weighted by molar-refractivity contribution is 1.28. The number of nitrogens with zero attached hydrogens (tertiary/aromatic N) is 7. The molecule has 0 unspecified atom stereocenters. The van der Waals surface area contributed by atoms with Crippen molar-refractivity contribution in [2.24, 2.45) is 0 Å². The summed E-state index contributed by atoms with van der Waals surface area (Å²) < 4.78 is 0. The van der Waals surface area contributed by atoms with E-state index in [-0.39, 0.29) is 0 Å². The van der Waals surface area contributed by atoms with E-state index in [1.807, 2.05) is 42.9 Å². The monoisotopic (exact) mass is 1680 g/mol. The zero-order valence-corrected chi connectivity index (χ0v) is 71.6. The Morgan fingerprint density at radius 1 is 0.114 bits per heavy atom. The average Bonchev–Trinajstić information content (AvgIpc) is 0.737. The van der Waals surface area contributed by atoms with Gasteiger partial charge in [-0.3, -0.25) is 15.0 Å². The van der Waals surface area contributed by atoms with Crippen molar-refractivity contribution in [3.8, 4) is 101 Å². The maximum absolute atomic E-state index is 5.26. The van der Waals surface area contributed by atoms with Crippen molar-refractivity contribution < 1.29 is 0 Å². The zero-order chi connectivity index (χ0) is 87.1. The molecule has 0 atom stereocenters. The lowest BCUT2D eigenvalue weighted by Crippen LogP contribution is -1.95. The van der Waals surface area contributed by atoms with E-state index in [0.29, 0.717) is 0 Å². The molecule has 0 radical (unpaired) electrons. The molecule has 0 aliphatic rings. The zero-order valence-electron chi connectivity index (χ0n) is 71.6. The van der Waals surface area contributed by atoms with Gasteiger partial charge in [0.15, 0.2) is 0 Å². The highest BCUT2D eigenvalue weighted by Gasteiger charge is 2.24. The van der Waals surface area contributed by atoms with Gasteiger partial charge in [0, 0.05) is 67.6 Å². The molecule has 20 aromatic carbocycles. The van der Waals surface area contributed by atoms with Gasteiger partial charge in [0.1, 0.15) is 0 Å². The van der Waals surface area contributed by atoms with Crippen LogP contribution in [0.15, 0.2) is 468 Å². The third kappa shape index (κ3) is 13.5. The molecule has 0 fully saturated rings. The third-order valence-electron chi connectivity index (χ3n) is 26.4. The number of hydrogen-bond donors (Lipinski definition) is 0. The highest BCUT2D eigenvalue weighted by molar-refractivity contribution is 6.25. The molecule has 612 valence electrons. The fraction of sp³-hybridized carbons (Fsp3) is 0. The van der Waals surface area contributed by atoms with Crippen molar-refractivity contribution in [3.05, 3.63) is 468 Å². The lowest BCUT2D eigenvalue weighted by Gasteiger charge is -2.18. The topological polar surface area (TPSA) is 90.2 Å². The quantitative estimate of drug-likeness (QED) is 0.105. The average molecular weight is 1680 g/mol. The van der Waals surface area contributed by atoms with Gasteiger partial charge >= 0.3 is 0 Å². The molecule has 27 rings (SSSR count). The predicted molar refractivity (Wildman–Crippen MR) is 555 cm³/mol. The van der Waals surface area contributed by atoms with Gasteiger partial charge < -0.3 is 0 Å². The van der Waals surface area contributed by atoms with Gasteiger partial charge in [-0.05, 0) is 225 Å². The summed E-state index contributed by atoms with van der Waals surface area (Å²) in [6.07, 6.45) is 5.51. The number of pyridine rings is 7. The largest absolute Gasteiger partial charge is 0.254 e. The Labute approximate surface area is 760 Å². The SMILES string of the molecule is c1cc(-c2ccc3ccc4cccnc4c3n2)cc(-c2c3ccccc3c(-c3ccc4ccccc4c3)c3ccccc23)c1.c1cc(-c2ccc3ccc4cccnc4c3n2)nc(-c2c3ccccc3c(-c3ccc4ccccc4c3)c3ccccc23)c1.c1ccc2cc(-c3c4ccccc4c(-c4ccc(-c5ccc6ccc7cccnc7c6n5)cc4)c4ccccc34)ccc2c1. The Kier molecular flexibility index (Phi) is 18.8. The van der Waals surface area contributed by atoms with E-state index in [0.717, 1.165) is 111 Å². The molecule has 7 aromatic heterocycles. The van der Waals surface area contributed by atoms with Crippen LogP contribution in [0.1, 0.15) is 0 Å². The fourth-order valence-electron chi connectivity index (χ4n) is 20.2. The summed E-state index contributed by atoms with van der Waals surface area (Å²) in [6, 6.07) is 160. The van der Waals surface area contributed by atoms with Crippen LogP contribution in [0.4, 0.5) is 0 Å². The van der Waals surface area contributed by atoms with Gasteiger partial charge in [-0.15, -0.1) is 0 Å². The van der Waals surface area contributed by atoms with Gasteiger partial charge in [0.25, 0.3) is 0 Å². The first kappa shape index (κ1) is 76.8. The molecule has 132 heavy (non-hydrogen) atoms. The molecule has 0 N–H and O–H groups in total. The molecular formula is C125H77N7. The Morgan fingerprint density at radius 3 is 0.720 bits per heavy atom. The van der Waals surface area contributed by atoms with Gasteiger partial charge in [0.05, 0.1) is 61.6 Å². The molecule has 0 saturated heterocycles. The van der Waals surface area contributed by atoms with Gasteiger partial charge in [-0.2, -0.15) is 0 Å². The highest BCUT2D eigenvalue weighted by Crippen LogP contribution is 2.49. The second kappa shape index (κ2) is 32.3. The van der Waals surface area contributed by atoms with Crippen LogP contribution < -0.4 is 0 Å².